The zero-order chi connectivity index (χ0) is 13.4. The third-order valence-corrected chi connectivity index (χ3v) is 2.80. The number of hydrogen-bond acceptors (Lipinski definition) is 3. The summed E-state index contributed by atoms with van der Waals surface area (Å²) in [4.78, 5) is 0. The van der Waals surface area contributed by atoms with Gasteiger partial charge in [-0.05, 0) is 38.0 Å². The highest BCUT2D eigenvalue weighted by Gasteiger charge is 2.15. The van der Waals surface area contributed by atoms with E-state index in [0.29, 0.717) is 6.61 Å². The van der Waals surface area contributed by atoms with Crippen molar-refractivity contribution in [1.29, 1.82) is 0 Å². The SMILES string of the molecule is C=CCOc1ccc(CNC(C)(C)CCO)cc1. The maximum absolute atomic E-state index is 8.95. The van der Waals surface area contributed by atoms with Gasteiger partial charge in [-0.15, -0.1) is 0 Å². The van der Waals surface area contributed by atoms with E-state index < -0.39 is 0 Å². The van der Waals surface area contributed by atoms with Crippen molar-refractivity contribution in [3.8, 4) is 5.75 Å². The Balaban J connectivity index is 2.46. The molecule has 2 N–H and O–H groups in total. The molecular formula is C15H23NO2. The standard InChI is InChI=1S/C15H23NO2/c1-4-11-18-14-7-5-13(6-8-14)12-16-15(2,3)9-10-17/h4-8,16-17H,1,9-12H2,2-3H3. The van der Waals surface area contributed by atoms with Gasteiger partial charge in [0.1, 0.15) is 12.4 Å². The largest absolute Gasteiger partial charge is 0.490 e. The molecule has 100 valence electrons. The van der Waals surface area contributed by atoms with Crippen LogP contribution in [0.4, 0.5) is 0 Å². The highest BCUT2D eigenvalue weighted by atomic mass is 16.5. The van der Waals surface area contributed by atoms with E-state index in [1.54, 1.807) is 6.08 Å². The molecule has 0 unspecified atom stereocenters. The van der Waals surface area contributed by atoms with Crippen molar-refractivity contribution in [3.63, 3.8) is 0 Å². The van der Waals surface area contributed by atoms with Crippen LogP contribution in [0.15, 0.2) is 36.9 Å². The highest BCUT2D eigenvalue weighted by Crippen LogP contribution is 2.14. The van der Waals surface area contributed by atoms with Crippen molar-refractivity contribution in [2.24, 2.45) is 0 Å². The average molecular weight is 249 g/mol. The molecule has 0 amide bonds. The van der Waals surface area contributed by atoms with Crippen LogP contribution in [0, 0.1) is 0 Å². The van der Waals surface area contributed by atoms with Crippen molar-refractivity contribution in [1.82, 2.24) is 5.32 Å². The smallest absolute Gasteiger partial charge is 0.119 e. The summed E-state index contributed by atoms with van der Waals surface area (Å²) in [5, 5.41) is 12.4. The topological polar surface area (TPSA) is 41.5 Å². The van der Waals surface area contributed by atoms with E-state index in [2.05, 4.69) is 25.7 Å². The minimum Gasteiger partial charge on any atom is -0.490 e. The number of nitrogens with one attached hydrogen (secondary N) is 1. The van der Waals surface area contributed by atoms with Gasteiger partial charge in [0.15, 0.2) is 0 Å². The van der Waals surface area contributed by atoms with Crippen molar-refractivity contribution < 1.29 is 9.84 Å². The number of aliphatic hydroxyl groups is 1. The molecule has 0 aliphatic rings. The lowest BCUT2D eigenvalue weighted by Crippen LogP contribution is -2.39. The van der Waals surface area contributed by atoms with E-state index in [1.165, 1.54) is 5.56 Å². The van der Waals surface area contributed by atoms with E-state index in [9.17, 15) is 0 Å². The molecule has 0 heterocycles. The van der Waals surface area contributed by atoms with E-state index in [-0.39, 0.29) is 12.1 Å². The molecule has 3 nitrogen and oxygen atoms in total. The number of aliphatic hydroxyl groups excluding tert-OH is 1. The first-order chi connectivity index (χ1) is 8.57. The Morgan fingerprint density at radius 2 is 2.00 bits per heavy atom. The van der Waals surface area contributed by atoms with Crippen LogP contribution in [-0.2, 0) is 6.54 Å². The maximum atomic E-state index is 8.95. The van der Waals surface area contributed by atoms with Crippen LogP contribution in [0.5, 0.6) is 5.75 Å². The van der Waals surface area contributed by atoms with E-state index in [0.717, 1.165) is 18.7 Å². The molecule has 0 aliphatic carbocycles. The van der Waals surface area contributed by atoms with Crippen LogP contribution in [-0.4, -0.2) is 23.9 Å². The minimum absolute atomic E-state index is 0.0488. The second-order valence-corrected chi connectivity index (χ2v) is 4.95. The number of ether oxygens (including phenoxy) is 1. The van der Waals surface area contributed by atoms with Gasteiger partial charge in [-0.1, -0.05) is 24.8 Å². The van der Waals surface area contributed by atoms with Gasteiger partial charge in [0.05, 0.1) is 0 Å². The normalized spacial score (nSPS) is 11.3. The van der Waals surface area contributed by atoms with Gasteiger partial charge >= 0.3 is 0 Å². The predicted molar refractivity (Wildman–Crippen MR) is 74.8 cm³/mol. The van der Waals surface area contributed by atoms with Crippen molar-refractivity contribution >= 4 is 0 Å². The van der Waals surface area contributed by atoms with E-state index in [1.807, 2.05) is 24.3 Å². The lowest BCUT2D eigenvalue weighted by Gasteiger charge is -2.25. The van der Waals surface area contributed by atoms with Crippen LogP contribution in [0.1, 0.15) is 25.8 Å². The summed E-state index contributed by atoms with van der Waals surface area (Å²) in [7, 11) is 0. The minimum atomic E-state index is -0.0488. The van der Waals surface area contributed by atoms with Gasteiger partial charge in [-0.3, -0.25) is 0 Å². The van der Waals surface area contributed by atoms with Crippen LogP contribution in [0.2, 0.25) is 0 Å². The summed E-state index contributed by atoms with van der Waals surface area (Å²) >= 11 is 0. The van der Waals surface area contributed by atoms with Gasteiger partial charge < -0.3 is 15.2 Å². The zero-order valence-electron chi connectivity index (χ0n) is 11.3. The Kier molecular flexibility index (Phi) is 5.89. The summed E-state index contributed by atoms with van der Waals surface area (Å²) in [5.41, 5.74) is 1.15. The van der Waals surface area contributed by atoms with Gasteiger partial charge in [0.2, 0.25) is 0 Å². The molecule has 1 aromatic rings. The van der Waals surface area contributed by atoms with Gasteiger partial charge in [0.25, 0.3) is 0 Å². The second-order valence-electron chi connectivity index (χ2n) is 4.95. The average Bonchev–Trinajstić information content (AvgIpc) is 2.35. The molecule has 0 aliphatic heterocycles. The Labute approximate surface area is 109 Å². The number of hydrogen-bond donors (Lipinski definition) is 2. The van der Waals surface area contributed by atoms with Crippen LogP contribution in [0.25, 0.3) is 0 Å². The van der Waals surface area contributed by atoms with Crippen LogP contribution >= 0.6 is 0 Å². The number of benzene rings is 1. The molecule has 18 heavy (non-hydrogen) atoms. The molecule has 0 spiro atoms. The van der Waals surface area contributed by atoms with E-state index in [4.69, 9.17) is 9.84 Å². The van der Waals surface area contributed by atoms with Gasteiger partial charge in [0, 0.05) is 18.7 Å². The van der Waals surface area contributed by atoms with Crippen LogP contribution < -0.4 is 10.1 Å². The van der Waals surface area contributed by atoms with Crippen molar-refractivity contribution in [2.45, 2.75) is 32.4 Å². The Morgan fingerprint density at radius 3 is 2.56 bits per heavy atom. The molecule has 0 fully saturated rings. The van der Waals surface area contributed by atoms with Crippen molar-refractivity contribution in [3.05, 3.63) is 42.5 Å². The predicted octanol–water partition coefficient (Wildman–Crippen LogP) is 2.50. The molecule has 0 bridgehead atoms. The molecule has 0 radical (unpaired) electrons. The van der Waals surface area contributed by atoms with E-state index >= 15 is 0 Å². The molecule has 1 aromatic carbocycles. The summed E-state index contributed by atoms with van der Waals surface area (Å²) < 4.78 is 5.42. The molecule has 3 heteroatoms. The Hall–Kier alpha value is -1.32. The first kappa shape index (κ1) is 14.7. The molecule has 0 aromatic heterocycles. The third-order valence-electron chi connectivity index (χ3n) is 2.80. The molecule has 0 saturated carbocycles. The monoisotopic (exact) mass is 249 g/mol. The van der Waals surface area contributed by atoms with Crippen LogP contribution in [0.3, 0.4) is 0 Å². The zero-order valence-corrected chi connectivity index (χ0v) is 11.3. The van der Waals surface area contributed by atoms with Crippen molar-refractivity contribution in [2.75, 3.05) is 13.2 Å². The molecular weight excluding hydrogens is 226 g/mol. The maximum Gasteiger partial charge on any atom is 0.119 e. The third kappa shape index (κ3) is 5.34. The van der Waals surface area contributed by atoms with Gasteiger partial charge in [-0.25, -0.2) is 0 Å². The van der Waals surface area contributed by atoms with Gasteiger partial charge in [-0.2, -0.15) is 0 Å². The Morgan fingerprint density at radius 1 is 1.33 bits per heavy atom. The fraction of sp³-hybridized carbons (Fsp3) is 0.467. The quantitative estimate of drug-likeness (QED) is 0.696. The molecule has 0 saturated heterocycles. The molecule has 1 rings (SSSR count). The fourth-order valence-electron chi connectivity index (χ4n) is 1.57. The summed E-state index contributed by atoms with van der Waals surface area (Å²) in [6, 6.07) is 8.00. The first-order valence-electron chi connectivity index (χ1n) is 6.26. The highest BCUT2D eigenvalue weighted by molar-refractivity contribution is 5.27. The fourth-order valence-corrected chi connectivity index (χ4v) is 1.57. The second kappa shape index (κ2) is 7.19. The Bertz CT molecular complexity index is 357. The lowest BCUT2D eigenvalue weighted by atomic mass is 10.0. The first-order valence-corrected chi connectivity index (χ1v) is 6.26. The summed E-state index contributed by atoms with van der Waals surface area (Å²) in [6.07, 6.45) is 2.47. The molecule has 0 atom stereocenters. The summed E-state index contributed by atoms with van der Waals surface area (Å²) in [6.45, 7) is 9.31. The summed E-state index contributed by atoms with van der Waals surface area (Å²) in [5.74, 6) is 0.855. The lowest BCUT2D eigenvalue weighted by molar-refractivity contribution is 0.230. The number of rotatable bonds is 8.